The molecule has 116 valence electrons. The molecular formula is C16H19N3O2S. The van der Waals surface area contributed by atoms with Crippen LogP contribution in [-0.4, -0.2) is 34.7 Å². The summed E-state index contributed by atoms with van der Waals surface area (Å²) in [6.45, 7) is 2.40. The molecule has 1 aromatic carbocycles. The fourth-order valence-electron chi connectivity index (χ4n) is 2.52. The molecule has 0 radical (unpaired) electrons. The molecule has 6 heteroatoms. The first-order valence-electron chi connectivity index (χ1n) is 7.36. The van der Waals surface area contributed by atoms with Crippen molar-refractivity contribution in [3.8, 4) is 11.3 Å². The van der Waals surface area contributed by atoms with Crippen molar-refractivity contribution in [3.05, 3.63) is 40.7 Å². The van der Waals surface area contributed by atoms with Crippen LogP contribution in [0.5, 0.6) is 0 Å². The molecule has 1 fully saturated rings. The van der Waals surface area contributed by atoms with E-state index in [1.807, 2.05) is 42.6 Å². The second kappa shape index (κ2) is 6.56. The quantitative estimate of drug-likeness (QED) is 0.802. The number of aliphatic hydroxyl groups is 1. The van der Waals surface area contributed by atoms with E-state index in [0.717, 1.165) is 16.3 Å². The molecule has 1 saturated heterocycles. The Hall–Kier alpha value is -1.76. The zero-order valence-corrected chi connectivity index (χ0v) is 13.1. The fourth-order valence-corrected chi connectivity index (χ4v) is 3.36. The summed E-state index contributed by atoms with van der Waals surface area (Å²) < 4.78 is 0. The lowest BCUT2D eigenvalue weighted by atomic mass is 10.2. The maximum atomic E-state index is 12.1. The third kappa shape index (κ3) is 3.35. The summed E-state index contributed by atoms with van der Waals surface area (Å²) in [6.07, 6.45) is 0.0293. The van der Waals surface area contributed by atoms with Gasteiger partial charge in [0.15, 0.2) is 0 Å². The number of nitrogens with zero attached hydrogens (tertiary/aromatic N) is 1. The zero-order valence-electron chi connectivity index (χ0n) is 12.3. The van der Waals surface area contributed by atoms with Crippen LogP contribution in [0, 0.1) is 0 Å². The van der Waals surface area contributed by atoms with Crippen LogP contribution < -0.4 is 10.6 Å². The lowest BCUT2D eigenvalue weighted by Gasteiger charge is -2.15. The van der Waals surface area contributed by atoms with Crippen molar-refractivity contribution in [2.45, 2.75) is 31.5 Å². The molecule has 1 aromatic heterocycles. The van der Waals surface area contributed by atoms with Gasteiger partial charge in [0.05, 0.1) is 23.9 Å². The fraction of sp³-hybridized carbons (Fsp3) is 0.375. The number of hydrogen-bond acceptors (Lipinski definition) is 5. The number of nitrogens with one attached hydrogen (secondary N) is 2. The van der Waals surface area contributed by atoms with Crippen LogP contribution in [-0.2, 0) is 4.79 Å². The lowest BCUT2D eigenvalue weighted by molar-refractivity contribution is -0.123. The van der Waals surface area contributed by atoms with E-state index < -0.39 is 6.10 Å². The highest BCUT2D eigenvalue weighted by molar-refractivity contribution is 7.10. The Morgan fingerprint density at radius 1 is 1.45 bits per heavy atom. The summed E-state index contributed by atoms with van der Waals surface area (Å²) in [4.78, 5) is 16.8. The summed E-state index contributed by atoms with van der Waals surface area (Å²) >= 11 is 1.54. The van der Waals surface area contributed by atoms with E-state index in [9.17, 15) is 9.90 Å². The Kier molecular flexibility index (Phi) is 4.52. The first kappa shape index (κ1) is 15.1. The molecule has 1 amide bonds. The Balaban J connectivity index is 1.64. The molecule has 3 N–H and O–H groups in total. The monoisotopic (exact) mass is 317 g/mol. The molecule has 1 aliphatic rings. The van der Waals surface area contributed by atoms with Gasteiger partial charge in [0.1, 0.15) is 5.01 Å². The molecule has 5 nitrogen and oxygen atoms in total. The van der Waals surface area contributed by atoms with Crippen LogP contribution in [0.1, 0.15) is 24.4 Å². The van der Waals surface area contributed by atoms with Gasteiger partial charge < -0.3 is 15.7 Å². The van der Waals surface area contributed by atoms with E-state index in [0.29, 0.717) is 13.0 Å². The first-order chi connectivity index (χ1) is 10.6. The average Bonchev–Trinajstić information content (AvgIpc) is 3.17. The van der Waals surface area contributed by atoms with Gasteiger partial charge >= 0.3 is 0 Å². The van der Waals surface area contributed by atoms with Crippen molar-refractivity contribution in [1.29, 1.82) is 0 Å². The highest BCUT2D eigenvalue weighted by Crippen LogP contribution is 2.25. The number of hydrogen-bond donors (Lipinski definition) is 3. The van der Waals surface area contributed by atoms with E-state index in [1.165, 1.54) is 0 Å². The standard InChI is InChI=1S/C16H19N3O2S/c1-10(18-15(21)13-7-12(20)8-17-13)16-19-14(9-22-16)11-5-3-2-4-6-11/h2-6,9-10,12-13,17,20H,7-8H2,1H3,(H,18,21). The van der Waals surface area contributed by atoms with Crippen molar-refractivity contribution < 1.29 is 9.90 Å². The third-order valence-corrected chi connectivity index (χ3v) is 4.77. The van der Waals surface area contributed by atoms with Crippen molar-refractivity contribution in [1.82, 2.24) is 15.6 Å². The van der Waals surface area contributed by atoms with Gasteiger partial charge in [-0.1, -0.05) is 30.3 Å². The van der Waals surface area contributed by atoms with E-state index in [4.69, 9.17) is 0 Å². The smallest absolute Gasteiger partial charge is 0.237 e. The lowest BCUT2D eigenvalue weighted by Crippen LogP contribution is -2.41. The number of rotatable bonds is 4. The van der Waals surface area contributed by atoms with E-state index in [1.54, 1.807) is 11.3 Å². The molecular weight excluding hydrogens is 298 g/mol. The topological polar surface area (TPSA) is 74.2 Å². The Morgan fingerprint density at radius 3 is 2.91 bits per heavy atom. The Labute approximate surface area is 133 Å². The third-order valence-electron chi connectivity index (χ3n) is 3.74. The van der Waals surface area contributed by atoms with Gasteiger partial charge in [0.2, 0.25) is 5.91 Å². The molecule has 0 spiro atoms. The number of aliphatic hydroxyl groups excluding tert-OH is 1. The van der Waals surface area contributed by atoms with E-state index in [2.05, 4.69) is 15.6 Å². The van der Waals surface area contributed by atoms with Gasteiger partial charge in [-0.2, -0.15) is 0 Å². The van der Waals surface area contributed by atoms with Crippen molar-refractivity contribution in [2.75, 3.05) is 6.54 Å². The average molecular weight is 317 g/mol. The molecule has 22 heavy (non-hydrogen) atoms. The van der Waals surface area contributed by atoms with Crippen LogP contribution in [0.3, 0.4) is 0 Å². The second-order valence-corrected chi connectivity index (χ2v) is 6.41. The van der Waals surface area contributed by atoms with Gasteiger partial charge in [0.25, 0.3) is 0 Å². The Morgan fingerprint density at radius 2 is 2.23 bits per heavy atom. The largest absolute Gasteiger partial charge is 0.392 e. The highest BCUT2D eigenvalue weighted by Gasteiger charge is 2.29. The molecule has 0 saturated carbocycles. The number of carbonyl (C=O) groups excluding carboxylic acids is 1. The summed E-state index contributed by atoms with van der Waals surface area (Å²) in [5.41, 5.74) is 2.00. The summed E-state index contributed by atoms with van der Waals surface area (Å²) in [7, 11) is 0. The summed E-state index contributed by atoms with van der Waals surface area (Å²) in [5.74, 6) is -0.0829. The van der Waals surface area contributed by atoms with Gasteiger partial charge in [-0.25, -0.2) is 4.98 Å². The molecule has 2 aromatic rings. The van der Waals surface area contributed by atoms with Crippen LogP contribution in [0.4, 0.5) is 0 Å². The number of benzene rings is 1. The van der Waals surface area contributed by atoms with Crippen molar-refractivity contribution >= 4 is 17.2 Å². The van der Waals surface area contributed by atoms with E-state index >= 15 is 0 Å². The van der Waals surface area contributed by atoms with Gasteiger partial charge in [-0.3, -0.25) is 4.79 Å². The second-order valence-electron chi connectivity index (χ2n) is 5.52. The first-order valence-corrected chi connectivity index (χ1v) is 8.24. The summed E-state index contributed by atoms with van der Waals surface area (Å²) in [6, 6.07) is 9.52. The number of carbonyl (C=O) groups is 1. The van der Waals surface area contributed by atoms with Crippen LogP contribution in [0.2, 0.25) is 0 Å². The SMILES string of the molecule is CC(NC(=O)C1CC(O)CN1)c1nc(-c2ccccc2)cs1. The predicted octanol–water partition coefficient (Wildman–Crippen LogP) is 1.71. The molecule has 0 bridgehead atoms. The minimum Gasteiger partial charge on any atom is -0.392 e. The molecule has 0 aliphatic carbocycles. The zero-order chi connectivity index (χ0) is 15.5. The van der Waals surface area contributed by atoms with Gasteiger partial charge in [-0.15, -0.1) is 11.3 Å². The van der Waals surface area contributed by atoms with Crippen molar-refractivity contribution in [2.24, 2.45) is 0 Å². The molecule has 3 unspecified atom stereocenters. The molecule has 3 atom stereocenters. The number of β-amino-alcohol motifs (C(OH)–C–C–N with tert-alkyl or cyclic N) is 1. The van der Waals surface area contributed by atoms with Crippen LogP contribution in [0.25, 0.3) is 11.3 Å². The van der Waals surface area contributed by atoms with Crippen molar-refractivity contribution in [3.63, 3.8) is 0 Å². The number of thiazole rings is 1. The highest BCUT2D eigenvalue weighted by atomic mass is 32.1. The molecule has 3 rings (SSSR count). The van der Waals surface area contributed by atoms with Crippen LogP contribution >= 0.6 is 11.3 Å². The van der Waals surface area contributed by atoms with E-state index in [-0.39, 0.29) is 18.0 Å². The number of aromatic nitrogens is 1. The van der Waals surface area contributed by atoms with Gasteiger partial charge in [-0.05, 0) is 13.3 Å². The maximum Gasteiger partial charge on any atom is 0.237 e. The minimum absolute atomic E-state index is 0.0829. The predicted molar refractivity (Wildman–Crippen MR) is 86.5 cm³/mol. The van der Waals surface area contributed by atoms with Crippen LogP contribution in [0.15, 0.2) is 35.7 Å². The Bertz CT molecular complexity index is 644. The normalized spacial score (nSPS) is 22.5. The number of amides is 1. The summed E-state index contributed by atoms with van der Waals surface area (Å²) in [5, 5.41) is 18.3. The maximum absolute atomic E-state index is 12.1. The minimum atomic E-state index is -0.435. The molecule has 1 aliphatic heterocycles. The van der Waals surface area contributed by atoms with Gasteiger partial charge in [0, 0.05) is 17.5 Å². The molecule has 2 heterocycles.